The van der Waals surface area contributed by atoms with Crippen LogP contribution < -0.4 is 5.32 Å². The molecule has 0 aliphatic carbocycles. The Morgan fingerprint density at radius 2 is 1.72 bits per heavy atom. The topological polar surface area (TPSA) is 59.8 Å². The first kappa shape index (κ1) is 17.1. The molecular weight excluding hydrogens is 360 g/mol. The van der Waals surface area contributed by atoms with Crippen LogP contribution in [0.3, 0.4) is 0 Å². The van der Waals surface area contributed by atoms with Gasteiger partial charge >= 0.3 is 0 Å². The van der Waals surface area contributed by atoms with Gasteiger partial charge in [-0.15, -0.1) is 0 Å². The standard InChI is InChI=1S/C24H18N4O/c29-23(26-20-12-5-8-17-7-1-2-10-19(17)20)16-28-22-13-4-3-11-21(22)27-24(28)18-9-6-14-25-15-18/h1-15H,16H2,(H,26,29). The lowest BCUT2D eigenvalue weighted by Crippen LogP contribution is -2.19. The molecule has 3 aromatic carbocycles. The van der Waals surface area contributed by atoms with E-state index >= 15 is 0 Å². The molecule has 2 heterocycles. The maximum absolute atomic E-state index is 13.0. The molecule has 29 heavy (non-hydrogen) atoms. The molecule has 1 N–H and O–H groups in total. The lowest BCUT2D eigenvalue weighted by atomic mass is 10.1. The molecule has 0 bridgehead atoms. The molecule has 0 saturated heterocycles. The molecule has 0 radical (unpaired) electrons. The van der Waals surface area contributed by atoms with E-state index in [1.807, 2.05) is 83.4 Å². The van der Waals surface area contributed by atoms with Crippen LogP contribution in [0.1, 0.15) is 0 Å². The molecule has 1 amide bonds. The maximum atomic E-state index is 13.0. The molecule has 5 nitrogen and oxygen atoms in total. The Balaban J connectivity index is 1.52. The lowest BCUT2D eigenvalue weighted by Gasteiger charge is -2.12. The van der Waals surface area contributed by atoms with Gasteiger partial charge in [-0.3, -0.25) is 9.78 Å². The van der Waals surface area contributed by atoms with Crippen molar-refractivity contribution in [3.05, 3.63) is 91.3 Å². The Morgan fingerprint density at radius 3 is 2.62 bits per heavy atom. The number of para-hydroxylation sites is 2. The molecule has 5 aromatic rings. The first-order chi connectivity index (χ1) is 14.3. The van der Waals surface area contributed by atoms with Crippen molar-refractivity contribution in [1.82, 2.24) is 14.5 Å². The number of pyridine rings is 1. The third-order valence-electron chi connectivity index (χ3n) is 4.94. The summed E-state index contributed by atoms with van der Waals surface area (Å²) in [4.78, 5) is 21.9. The summed E-state index contributed by atoms with van der Waals surface area (Å²) in [7, 11) is 0. The summed E-state index contributed by atoms with van der Waals surface area (Å²) < 4.78 is 1.94. The van der Waals surface area contributed by atoms with Crippen LogP contribution in [0.2, 0.25) is 0 Å². The summed E-state index contributed by atoms with van der Waals surface area (Å²) in [6.07, 6.45) is 3.49. The number of rotatable bonds is 4. The fourth-order valence-electron chi connectivity index (χ4n) is 3.62. The third-order valence-corrected chi connectivity index (χ3v) is 4.94. The number of fused-ring (bicyclic) bond motifs is 2. The summed E-state index contributed by atoms with van der Waals surface area (Å²) >= 11 is 0. The van der Waals surface area contributed by atoms with Crippen molar-refractivity contribution in [2.45, 2.75) is 6.54 Å². The van der Waals surface area contributed by atoms with Gasteiger partial charge in [-0.2, -0.15) is 0 Å². The highest BCUT2D eigenvalue weighted by Crippen LogP contribution is 2.26. The second-order valence-electron chi connectivity index (χ2n) is 6.83. The van der Waals surface area contributed by atoms with E-state index in [9.17, 15) is 4.79 Å². The number of benzene rings is 3. The van der Waals surface area contributed by atoms with Gasteiger partial charge in [0, 0.05) is 29.0 Å². The lowest BCUT2D eigenvalue weighted by molar-refractivity contribution is -0.116. The van der Waals surface area contributed by atoms with Crippen molar-refractivity contribution in [3.8, 4) is 11.4 Å². The highest BCUT2D eigenvalue weighted by molar-refractivity contribution is 6.02. The average Bonchev–Trinajstić information content (AvgIpc) is 3.13. The summed E-state index contributed by atoms with van der Waals surface area (Å²) in [5.41, 5.74) is 3.45. The zero-order valence-corrected chi connectivity index (χ0v) is 15.6. The second-order valence-corrected chi connectivity index (χ2v) is 6.83. The zero-order valence-electron chi connectivity index (χ0n) is 15.6. The number of carbonyl (C=O) groups is 1. The fraction of sp³-hybridized carbons (Fsp3) is 0.0417. The molecule has 0 atom stereocenters. The van der Waals surface area contributed by atoms with Crippen LogP contribution in [0, 0.1) is 0 Å². The molecule has 0 fully saturated rings. The van der Waals surface area contributed by atoms with Gasteiger partial charge in [-0.25, -0.2) is 4.98 Å². The van der Waals surface area contributed by atoms with Crippen LogP contribution in [0.5, 0.6) is 0 Å². The highest BCUT2D eigenvalue weighted by Gasteiger charge is 2.15. The Kier molecular flexibility index (Phi) is 4.26. The van der Waals surface area contributed by atoms with Crippen molar-refractivity contribution >= 4 is 33.4 Å². The van der Waals surface area contributed by atoms with E-state index in [2.05, 4.69) is 10.3 Å². The number of carbonyl (C=O) groups excluding carboxylic acids is 1. The Labute approximate surface area is 167 Å². The zero-order chi connectivity index (χ0) is 19.6. The van der Waals surface area contributed by atoms with Gasteiger partial charge in [-0.1, -0.05) is 48.5 Å². The molecule has 140 valence electrons. The molecule has 0 aliphatic rings. The first-order valence-corrected chi connectivity index (χ1v) is 9.43. The van der Waals surface area contributed by atoms with Crippen LogP contribution in [0.25, 0.3) is 33.2 Å². The average molecular weight is 378 g/mol. The number of aromatic nitrogens is 3. The van der Waals surface area contributed by atoms with Crippen molar-refractivity contribution in [3.63, 3.8) is 0 Å². The molecule has 0 aliphatic heterocycles. The van der Waals surface area contributed by atoms with Crippen LogP contribution >= 0.6 is 0 Å². The highest BCUT2D eigenvalue weighted by atomic mass is 16.1. The van der Waals surface area contributed by atoms with Gasteiger partial charge in [0.1, 0.15) is 12.4 Å². The van der Waals surface area contributed by atoms with Crippen molar-refractivity contribution in [2.75, 3.05) is 5.32 Å². The van der Waals surface area contributed by atoms with Crippen LogP contribution in [0.4, 0.5) is 5.69 Å². The van der Waals surface area contributed by atoms with Crippen LogP contribution in [-0.2, 0) is 11.3 Å². The number of imidazole rings is 1. The molecule has 5 heteroatoms. The van der Waals surface area contributed by atoms with E-state index in [-0.39, 0.29) is 12.5 Å². The van der Waals surface area contributed by atoms with Crippen molar-refractivity contribution in [2.24, 2.45) is 0 Å². The SMILES string of the molecule is O=C(Cn1c(-c2cccnc2)nc2ccccc21)Nc1cccc2ccccc12. The normalized spacial score (nSPS) is 11.0. The number of hydrogen-bond acceptors (Lipinski definition) is 3. The summed E-state index contributed by atoms with van der Waals surface area (Å²) in [5, 5.41) is 5.18. The Morgan fingerprint density at radius 1 is 0.897 bits per heavy atom. The van der Waals surface area contributed by atoms with E-state index in [1.165, 1.54) is 0 Å². The number of nitrogens with zero attached hydrogens (tertiary/aromatic N) is 3. The van der Waals surface area contributed by atoms with E-state index in [1.54, 1.807) is 12.4 Å². The fourth-order valence-corrected chi connectivity index (χ4v) is 3.62. The number of nitrogens with one attached hydrogen (secondary N) is 1. The maximum Gasteiger partial charge on any atom is 0.244 e. The smallest absolute Gasteiger partial charge is 0.244 e. The second kappa shape index (κ2) is 7.20. The first-order valence-electron chi connectivity index (χ1n) is 9.43. The monoisotopic (exact) mass is 378 g/mol. The predicted molar refractivity (Wildman–Crippen MR) is 116 cm³/mol. The Bertz CT molecular complexity index is 1320. The summed E-state index contributed by atoms with van der Waals surface area (Å²) in [6.45, 7) is 0.161. The number of amides is 1. The third kappa shape index (κ3) is 3.23. The molecule has 0 spiro atoms. The van der Waals surface area contributed by atoms with E-state index in [0.29, 0.717) is 0 Å². The molecular formula is C24H18N4O. The van der Waals surface area contributed by atoms with Gasteiger partial charge in [0.25, 0.3) is 0 Å². The van der Waals surface area contributed by atoms with Crippen molar-refractivity contribution < 1.29 is 4.79 Å². The minimum atomic E-state index is -0.102. The number of hydrogen-bond donors (Lipinski definition) is 1. The van der Waals surface area contributed by atoms with E-state index in [4.69, 9.17) is 4.98 Å². The van der Waals surface area contributed by atoms with Gasteiger partial charge in [-0.05, 0) is 35.7 Å². The van der Waals surface area contributed by atoms with E-state index in [0.717, 1.165) is 38.9 Å². The van der Waals surface area contributed by atoms with E-state index < -0.39 is 0 Å². The minimum Gasteiger partial charge on any atom is -0.324 e. The molecule has 0 unspecified atom stereocenters. The molecule has 2 aromatic heterocycles. The van der Waals surface area contributed by atoms with Gasteiger partial charge in [0.15, 0.2) is 0 Å². The van der Waals surface area contributed by atoms with Crippen LogP contribution in [0.15, 0.2) is 91.3 Å². The van der Waals surface area contributed by atoms with Crippen molar-refractivity contribution in [1.29, 1.82) is 0 Å². The Hall–Kier alpha value is -3.99. The van der Waals surface area contributed by atoms with Gasteiger partial charge < -0.3 is 9.88 Å². The largest absolute Gasteiger partial charge is 0.324 e. The van der Waals surface area contributed by atoms with Crippen LogP contribution in [-0.4, -0.2) is 20.4 Å². The summed E-state index contributed by atoms with van der Waals surface area (Å²) in [6, 6.07) is 25.6. The summed E-state index contributed by atoms with van der Waals surface area (Å²) in [5.74, 6) is 0.627. The van der Waals surface area contributed by atoms with Gasteiger partial charge in [0.05, 0.1) is 11.0 Å². The predicted octanol–water partition coefficient (Wildman–Crippen LogP) is 4.89. The molecule has 0 saturated carbocycles. The quantitative estimate of drug-likeness (QED) is 0.484. The molecule has 5 rings (SSSR count). The van der Waals surface area contributed by atoms with Gasteiger partial charge in [0.2, 0.25) is 5.91 Å². The minimum absolute atomic E-state index is 0.102. The number of anilines is 1.